The zero-order valence-corrected chi connectivity index (χ0v) is 9.14. The summed E-state index contributed by atoms with van der Waals surface area (Å²) in [6, 6.07) is 10.0. The maximum atomic E-state index is 5.50. The minimum atomic E-state index is 0.287. The van der Waals surface area contributed by atoms with Crippen molar-refractivity contribution >= 4 is 11.8 Å². The van der Waals surface area contributed by atoms with Gasteiger partial charge in [0, 0.05) is 12.7 Å². The molecule has 0 spiro atoms. The molecule has 0 bridgehead atoms. The maximum absolute atomic E-state index is 5.50. The minimum absolute atomic E-state index is 0.287. The molecule has 0 unspecified atom stereocenters. The largest absolute Gasteiger partial charge is 0.368 e. The number of aryl methyl sites for hydroxylation is 1. The number of rotatable bonds is 3. The maximum Gasteiger partial charge on any atom is 0.221 e. The van der Waals surface area contributed by atoms with E-state index in [4.69, 9.17) is 5.73 Å². The van der Waals surface area contributed by atoms with Crippen molar-refractivity contribution in [2.75, 3.05) is 11.1 Å². The van der Waals surface area contributed by atoms with Gasteiger partial charge in [0.1, 0.15) is 5.82 Å². The molecule has 4 heteroatoms. The molecule has 4 nitrogen and oxygen atoms in total. The predicted octanol–water partition coefficient (Wildman–Crippen LogP) is 1.98. The summed E-state index contributed by atoms with van der Waals surface area (Å²) in [4.78, 5) is 7.91. The van der Waals surface area contributed by atoms with Gasteiger partial charge in [-0.15, -0.1) is 0 Å². The van der Waals surface area contributed by atoms with Crippen molar-refractivity contribution in [2.45, 2.75) is 13.5 Å². The standard InChI is InChI=1S/C12H14N4/c1-9-4-2-3-5-10(9)8-15-11-6-7-14-12(13)16-11/h2-7H,8H2,1H3,(H3,13,14,15,16). The van der Waals surface area contributed by atoms with Gasteiger partial charge in [-0.2, -0.15) is 4.98 Å². The first-order chi connectivity index (χ1) is 7.75. The normalized spacial score (nSPS) is 10.1. The van der Waals surface area contributed by atoms with E-state index in [1.807, 2.05) is 12.1 Å². The Morgan fingerprint density at radius 3 is 2.81 bits per heavy atom. The third-order valence-corrected chi connectivity index (χ3v) is 2.40. The first-order valence-corrected chi connectivity index (χ1v) is 5.12. The average Bonchev–Trinajstić information content (AvgIpc) is 2.28. The summed E-state index contributed by atoms with van der Waals surface area (Å²) in [5.41, 5.74) is 8.01. The van der Waals surface area contributed by atoms with Crippen LogP contribution in [0, 0.1) is 6.92 Å². The van der Waals surface area contributed by atoms with Crippen LogP contribution >= 0.6 is 0 Å². The summed E-state index contributed by atoms with van der Waals surface area (Å²) in [5.74, 6) is 1.03. The molecule has 0 aliphatic carbocycles. The third-order valence-electron chi connectivity index (χ3n) is 2.40. The summed E-state index contributed by atoms with van der Waals surface area (Å²) >= 11 is 0. The number of benzene rings is 1. The third kappa shape index (κ3) is 2.48. The van der Waals surface area contributed by atoms with E-state index in [-0.39, 0.29) is 5.95 Å². The van der Waals surface area contributed by atoms with Crippen LogP contribution in [-0.4, -0.2) is 9.97 Å². The summed E-state index contributed by atoms with van der Waals surface area (Å²) in [6.45, 7) is 2.83. The molecule has 0 aliphatic rings. The molecule has 2 rings (SSSR count). The van der Waals surface area contributed by atoms with Crippen LogP contribution in [-0.2, 0) is 6.54 Å². The SMILES string of the molecule is Cc1ccccc1CNc1ccnc(N)n1. The monoisotopic (exact) mass is 214 g/mol. The van der Waals surface area contributed by atoms with Crippen LogP contribution < -0.4 is 11.1 Å². The molecule has 1 heterocycles. The molecule has 0 saturated heterocycles. The minimum Gasteiger partial charge on any atom is -0.368 e. The first kappa shape index (κ1) is 10.4. The summed E-state index contributed by atoms with van der Waals surface area (Å²) < 4.78 is 0. The second-order valence-electron chi connectivity index (χ2n) is 3.58. The Hall–Kier alpha value is -2.10. The zero-order valence-electron chi connectivity index (χ0n) is 9.14. The van der Waals surface area contributed by atoms with E-state index in [1.54, 1.807) is 12.3 Å². The van der Waals surface area contributed by atoms with E-state index in [2.05, 4.69) is 34.3 Å². The zero-order chi connectivity index (χ0) is 11.4. The number of hydrogen-bond acceptors (Lipinski definition) is 4. The van der Waals surface area contributed by atoms with Gasteiger partial charge in [0.2, 0.25) is 5.95 Å². The molecule has 82 valence electrons. The number of nitrogen functional groups attached to an aromatic ring is 1. The molecular weight excluding hydrogens is 200 g/mol. The van der Waals surface area contributed by atoms with Gasteiger partial charge >= 0.3 is 0 Å². The summed E-state index contributed by atoms with van der Waals surface area (Å²) in [6.07, 6.45) is 1.64. The van der Waals surface area contributed by atoms with Crippen molar-refractivity contribution in [1.82, 2.24) is 9.97 Å². The number of hydrogen-bond donors (Lipinski definition) is 2. The van der Waals surface area contributed by atoms with Crippen molar-refractivity contribution in [3.63, 3.8) is 0 Å². The Bertz CT molecular complexity index is 482. The van der Waals surface area contributed by atoms with E-state index >= 15 is 0 Å². The van der Waals surface area contributed by atoms with E-state index in [0.717, 1.165) is 12.4 Å². The quantitative estimate of drug-likeness (QED) is 0.820. The van der Waals surface area contributed by atoms with E-state index in [1.165, 1.54) is 11.1 Å². The van der Waals surface area contributed by atoms with Crippen molar-refractivity contribution in [3.05, 3.63) is 47.7 Å². The average molecular weight is 214 g/mol. The molecule has 2 aromatic rings. The smallest absolute Gasteiger partial charge is 0.221 e. The highest BCUT2D eigenvalue weighted by atomic mass is 15.1. The van der Waals surface area contributed by atoms with Gasteiger partial charge in [-0.3, -0.25) is 0 Å². The molecule has 3 N–H and O–H groups in total. The fraction of sp³-hybridized carbons (Fsp3) is 0.167. The van der Waals surface area contributed by atoms with Gasteiger partial charge in [-0.1, -0.05) is 24.3 Å². The van der Waals surface area contributed by atoms with Gasteiger partial charge in [0.15, 0.2) is 0 Å². The highest BCUT2D eigenvalue weighted by Crippen LogP contribution is 2.10. The van der Waals surface area contributed by atoms with Gasteiger partial charge in [0.05, 0.1) is 0 Å². The fourth-order valence-electron chi connectivity index (χ4n) is 1.47. The van der Waals surface area contributed by atoms with Crippen LogP contribution in [0.2, 0.25) is 0 Å². The molecule has 0 atom stereocenters. The van der Waals surface area contributed by atoms with E-state index in [0.29, 0.717) is 0 Å². The molecule has 1 aromatic carbocycles. The second-order valence-corrected chi connectivity index (χ2v) is 3.58. The molecule has 1 aromatic heterocycles. The lowest BCUT2D eigenvalue weighted by Crippen LogP contribution is -2.04. The molecule has 0 saturated carbocycles. The van der Waals surface area contributed by atoms with E-state index in [9.17, 15) is 0 Å². The van der Waals surface area contributed by atoms with Crippen LogP contribution in [0.15, 0.2) is 36.5 Å². The van der Waals surface area contributed by atoms with Gasteiger partial charge in [-0.25, -0.2) is 4.98 Å². The van der Waals surface area contributed by atoms with Gasteiger partial charge in [0.25, 0.3) is 0 Å². The van der Waals surface area contributed by atoms with Crippen LogP contribution in [0.3, 0.4) is 0 Å². The van der Waals surface area contributed by atoms with Crippen LogP contribution in [0.4, 0.5) is 11.8 Å². The lowest BCUT2D eigenvalue weighted by molar-refractivity contribution is 1.07. The number of aromatic nitrogens is 2. The van der Waals surface area contributed by atoms with Crippen molar-refractivity contribution in [1.29, 1.82) is 0 Å². The molecule has 0 amide bonds. The van der Waals surface area contributed by atoms with Crippen molar-refractivity contribution in [2.24, 2.45) is 0 Å². The summed E-state index contributed by atoms with van der Waals surface area (Å²) in [5, 5.41) is 3.21. The Morgan fingerprint density at radius 1 is 1.25 bits per heavy atom. The highest BCUT2D eigenvalue weighted by Gasteiger charge is 1.98. The predicted molar refractivity (Wildman–Crippen MR) is 65.0 cm³/mol. The number of nitrogens with one attached hydrogen (secondary N) is 1. The van der Waals surface area contributed by atoms with Gasteiger partial charge in [-0.05, 0) is 24.1 Å². The van der Waals surface area contributed by atoms with Crippen LogP contribution in [0.1, 0.15) is 11.1 Å². The lowest BCUT2D eigenvalue weighted by Gasteiger charge is -2.07. The highest BCUT2D eigenvalue weighted by molar-refractivity contribution is 5.39. The second kappa shape index (κ2) is 4.61. The van der Waals surface area contributed by atoms with Crippen LogP contribution in [0.25, 0.3) is 0 Å². The Morgan fingerprint density at radius 2 is 2.06 bits per heavy atom. The first-order valence-electron chi connectivity index (χ1n) is 5.12. The molecule has 0 fully saturated rings. The van der Waals surface area contributed by atoms with Crippen molar-refractivity contribution < 1.29 is 0 Å². The number of nitrogens with zero attached hydrogens (tertiary/aromatic N) is 2. The Labute approximate surface area is 94.5 Å². The fourth-order valence-corrected chi connectivity index (χ4v) is 1.47. The summed E-state index contributed by atoms with van der Waals surface area (Å²) in [7, 11) is 0. The topological polar surface area (TPSA) is 63.8 Å². The van der Waals surface area contributed by atoms with Crippen LogP contribution in [0.5, 0.6) is 0 Å². The Kier molecular flexibility index (Phi) is 3.00. The number of anilines is 2. The molecule has 0 radical (unpaired) electrons. The number of nitrogens with two attached hydrogens (primary N) is 1. The molecular formula is C12H14N4. The Balaban J connectivity index is 2.05. The van der Waals surface area contributed by atoms with Crippen molar-refractivity contribution in [3.8, 4) is 0 Å². The lowest BCUT2D eigenvalue weighted by atomic mass is 10.1. The molecule has 16 heavy (non-hydrogen) atoms. The van der Waals surface area contributed by atoms with Gasteiger partial charge < -0.3 is 11.1 Å². The van der Waals surface area contributed by atoms with E-state index < -0.39 is 0 Å². The molecule has 0 aliphatic heterocycles.